The molecule has 1 aromatic carbocycles. The maximum absolute atomic E-state index is 13.3. The lowest BCUT2D eigenvalue weighted by molar-refractivity contribution is 0.436. The van der Waals surface area contributed by atoms with Gasteiger partial charge in [0.1, 0.15) is 5.82 Å². The van der Waals surface area contributed by atoms with Gasteiger partial charge in [0.25, 0.3) is 0 Å². The van der Waals surface area contributed by atoms with E-state index in [0.29, 0.717) is 11.6 Å². The molecule has 0 aliphatic heterocycles. The van der Waals surface area contributed by atoms with Crippen molar-refractivity contribution in [3.05, 3.63) is 36.3 Å². The Hall–Kier alpha value is -2.30. The van der Waals surface area contributed by atoms with Crippen molar-refractivity contribution in [1.82, 2.24) is 9.72 Å². The van der Waals surface area contributed by atoms with E-state index in [4.69, 9.17) is 10.3 Å². The van der Waals surface area contributed by atoms with Gasteiger partial charge in [-0.3, -0.25) is 0 Å². The van der Waals surface area contributed by atoms with Crippen molar-refractivity contribution >= 4 is 16.7 Å². The monoisotopic (exact) mass is 231 g/mol. The molecule has 0 fully saturated rings. The molecule has 0 saturated carbocycles. The number of nitrogens with zero attached hydrogens (tertiary/aromatic N) is 2. The maximum atomic E-state index is 13.3. The number of fused-ring (bicyclic) bond motifs is 1. The first-order valence-electron chi connectivity index (χ1n) is 5.12. The molecule has 0 saturated heterocycles. The minimum absolute atomic E-state index is 0.280. The molecule has 3 aromatic rings. The van der Waals surface area contributed by atoms with Gasteiger partial charge in [0, 0.05) is 35.8 Å². The van der Waals surface area contributed by atoms with Crippen molar-refractivity contribution in [2.75, 3.05) is 5.73 Å². The Morgan fingerprint density at radius 1 is 1.35 bits per heavy atom. The number of rotatable bonds is 1. The summed E-state index contributed by atoms with van der Waals surface area (Å²) in [7, 11) is 1.89. The number of halogens is 1. The van der Waals surface area contributed by atoms with Crippen molar-refractivity contribution in [1.29, 1.82) is 0 Å². The minimum atomic E-state index is -0.280. The summed E-state index contributed by atoms with van der Waals surface area (Å²) in [5.74, 6) is 0.574. The number of aromatic nitrogens is 2. The molecule has 0 unspecified atom stereocenters. The fourth-order valence-electron chi connectivity index (χ4n) is 1.98. The molecule has 0 aliphatic rings. The predicted octanol–water partition coefficient (Wildman–Crippen LogP) is 2.55. The van der Waals surface area contributed by atoms with Gasteiger partial charge in [0.2, 0.25) is 0 Å². The Kier molecular flexibility index (Phi) is 1.95. The zero-order valence-electron chi connectivity index (χ0n) is 9.14. The molecule has 0 amide bonds. The number of aryl methyl sites for hydroxylation is 1. The highest BCUT2D eigenvalue weighted by Gasteiger charge is 2.13. The predicted molar refractivity (Wildman–Crippen MR) is 62.8 cm³/mol. The molecule has 2 aromatic heterocycles. The van der Waals surface area contributed by atoms with Crippen molar-refractivity contribution in [2.45, 2.75) is 0 Å². The number of hydrogen-bond acceptors (Lipinski definition) is 3. The number of anilines is 1. The largest absolute Gasteiger partial charge is 0.381 e. The molecule has 5 heteroatoms. The van der Waals surface area contributed by atoms with Gasteiger partial charge in [-0.1, -0.05) is 5.16 Å². The Morgan fingerprint density at radius 2 is 2.18 bits per heavy atom. The van der Waals surface area contributed by atoms with Crippen LogP contribution in [0, 0.1) is 5.82 Å². The van der Waals surface area contributed by atoms with E-state index in [2.05, 4.69) is 5.16 Å². The zero-order valence-corrected chi connectivity index (χ0v) is 9.14. The van der Waals surface area contributed by atoms with Gasteiger partial charge in [-0.2, -0.15) is 0 Å². The zero-order chi connectivity index (χ0) is 12.0. The average molecular weight is 231 g/mol. The van der Waals surface area contributed by atoms with Crippen LogP contribution in [0.2, 0.25) is 0 Å². The normalized spacial score (nSPS) is 11.2. The first kappa shape index (κ1) is 9.89. The summed E-state index contributed by atoms with van der Waals surface area (Å²) < 4.78 is 20.3. The summed E-state index contributed by atoms with van der Waals surface area (Å²) in [6.07, 6.45) is 1.87. The standard InChI is InChI=1S/C12H10FN3O/c1-16-6-9(11-5-12(14)15-17-11)8-4-7(13)2-3-10(8)16/h2-6H,1H3,(H2,14,15). The van der Waals surface area contributed by atoms with Gasteiger partial charge in [-0.15, -0.1) is 0 Å². The molecule has 0 bridgehead atoms. The summed E-state index contributed by atoms with van der Waals surface area (Å²) in [6, 6.07) is 6.26. The number of nitrogen functional groups attached to an aromatic ring is 1. The lowest BCUT2D eigenvalue weighted by Crippen LogP contribution is -1.83. The third-order valence-electron chi connectivity index (χ3n) is 2.75. The Bertz CT molecular complexity index is 699. The molecule has 0 radical (unpaired) electrons. The van der Waals surface area contributed by atoms with Crippen LogP contribution in [0.1, 0.15) is 0 Å². The van der Waals surface area contributed by atoms with Gasteiger partial charge in [-0.05, 0) is 18.2 Å². The van der Waals surface area contributed by atoms with Crippen LogP contribution in [-0.2, 0) is 7.05 Å². The van der Waals surface area contributed by atoms with Crippen LogP contribution >= 0.6 is 0 Å². The van der Waals surface area contributed by atoms with Crippen LogP contribution in [0.4, 0.5) is 10.2 Å². The molecule has 4 nitrogen and oxygen atoms in total. The molecule has 0 spiro atoms. The highest BCUT2D eigenvalue weighted by molar-refractivity contribution is 5.95. The molecule has 2 N–H and O–H groups in total. The van der Waals surface area contributed by atoms with Crippen LogP contribution < -0.4 is 5.73 Å². The SMILES string of the molecule is Cn1cc(-c2cc(N)no2)c2cc(F)ccc21. The van der Waals surface area contributed by atoms with Crippen LogP contribution in [0.3, 0.4) is 0 Å². The molecule has 17 heavy (non-hydrogen) atoms. The van der Waals surface area contributed by atoms with E-state index in [-0.39, 0.29) is 5.82 Å². The second-order valence-electron chi connectivity index (χ2n) is 3.93. The fraction of sp³-hybridized carbons (Fsp3) is 0.0833. The van der Waals surface area contributed by atoms with Crippen LogP contribution in [-0.4, -0.2) is 9.72 Å². The molecule has 0 aliphatic carbocycles. The van der Waals surface area contributed by atoms with E-state index < -0.39 is 0 Å². The molecule has 0 atom stereocenters. The summed E-state index contributed by atoms with van der Waals surface area (Å²) in [5.41, 5.74) is 7.22. The molecular formula is C12H10FN3O. The quantitative estimate of drug-likeness (QED) is 0.700. The second-order valence-corrected chi connectivity index (χ2v) is 3.93. The summed E-state index contributed by atoms with van der Waals surface area (Å²) in [6.45, 7) is 0. The summed E-state index contributed by atoms with van der Waals surface area (Å²) in [5, 5.41) is 4.41. The van der Waals surface area contributed by atoms with E-state index >= 15 is 0 Å². The average Bonchev–Trinajstić information content (AvgIpc) is 2.83. The lowest BCUT2D eigenvalue weighted by atomic mass is 10.1. The van der Waals surface area contributed by atoms with Gasteiger partial charge in [-0.25, -0.2) is 4.39 Å². The summed E-state index contributed by atoms with van der Waals surface area (Å²) >= 11 is 0. The Morgan fingerprint density at radius 3 is 2.88 bits per heavy atom. The number of benzene rings is 1. The van der Waals surface area contributed by atoms with Crippen molar-refractivity contribution < 1.29 is 8.91 Å². The third-order valence-corrected chi connectivity index (χ3v) is 2.75. The number of nitrogens with two attached hydrogens (primary N) is 1. The third kappa shape index (κ3) is 1.47. The molecule has 3 rings (SSSR count). The van der Waals surface area contributed by atoms with E-state index in [0.717, 1.165) is 16.5 Å². The van der Waals surface area contributed by atoms with Crippen molar-refractivity contribution in [3.8, 4) is 11.3 Å². The molecule has 2 heterocycles. The van der Waals surface area contributed by atoms with Gasteiger partial charge >= 0.3 is 0 Å². The Labute approximate surface area is 96.4 Å². The van der Waals surface area contributed by atoms with Crippen molar-refractivity contribution in [3.63, 3.8) is 0 Å². The molecule has 86 valence electrons. The molecular weight excluding hydrogens is 221 g/mol. The van der Waals surface area contributed by atoms with E-state index in [1.165, 1.54) is 12.1 Å². The first-order chi connectivity index (χ1) is 8.15. The van der Waals surface area contributed by atoms with Crippen molar-refractivity contribution in [2.24, 2.45) is 7.05 Å². The lowest BCUT2D eigenvalue weighted by Gasteiger charge is -1.95. The fourth-order valence-corrected chi connectivity index (χ4v) is 1.98. The van der Waals surface area contributed by atoms with Crippen LogP contribution in [0.25, 0.3) is 22.2 Å². The van der Waals surface area contributed by atoms with E-state index in [1.807, 2.05) is 17.8 Å². The van der Waals surface area contributed by atoms with Gasteiger partial charge in [0.05, 0.1) is 0 Å². The highest BCUT2D eigenvalue weighted by atomic mass is 19.1. The Balaban J connectivity index is 2.33. The summed E-state index contributed by atoms with van der Waals surface area (Å²) in [4.78, 5) is 0. The van der Waals surface area contributed by atoms with Crippen LogP contribution in [0.15, 0.2) is 35.0 Å². The van der Waals surface area contributed by atoms with Crippen LogP contribution in [0.5, 0.6) is 0 Å². The van der Waals surface area contributed by atoms with Gasteiger partial charge in [0.15, 0.2) is 11.6 Å². The smallest absolute Gasteiger partial charge is 0.171 e. The van der Waals surface area contributed by atoms with Gasteiger partial charge < -0.3 is 14.8 Å². The highest BCUT2D eigenvalue weighted by Crippen LogP contribution is 2.31. The second kappa shape index (κ2) is 3.35. The topological polar surface area (TPSA) is 57.0 Å². The number of hydrogen-bond donors (Lipinski definition) is 1. The maximum Gasteiger partial charge on any atom is 0.171 e. The first-order valence-corrected chi connectivity index (χ1v) is 5.12. The minimum Gasteiger partial charge on any atom is -0.381 e. The van der Waals surface area contributed by atoms with E-state index in [1.54, 1.807) is 12.1 Å². The van der Waals surface area contributed by atoms with E-state index in [9.17, 15) is 4.39 Å².